The van der Waals surface area contributed by atoms with Gasteiger partial charge >= 0.3 is 0 Å². The van der Waals surface area contributed by atoms with Gasteiger partial charge in [0.05, 0.1) is 18.2 Å². The van der Waals surface area contributed by atoms with E-state index in [1.165, 1.54) is 18.1 Å². The van der Waals surface area contributed by atoms with Gasteiger partial charge in [-0.05, 0) is 42.0 Å². The molecule has 1 amide bonds. The minimum absolute atomic E-state index is 0.102. The number of anilines is 1. The van der Waals surface area contributed by atoms with Crippen LogP contribution in [-0.2, 0) is 4.79 Å². The molecule has 29 heavy (non-hydrogen) atoms. The maximum absolute atomic E-state index is 12.4. The Morgan fingerprint density at radius 3 is 2.62 bits per heavy atom. The predicted octanol–water partition coefficient (Wildman–Crippen LogP) is 5.75. The SMILES string of the molecule is COc1ccc(NC(=O)CSc2ncnc3scc(-c4ccc(Cl)cc4)c23)cc1. The summed E-state index contributed by atoms with van der Waals surface area (Å²) in [7, 11) is 1.61. The van der Waals surface area contributed by atoms with Gasteiger partial charge in [-0.25, -0.2) is 9.97 Å². The number of nitrogens with zero attached hydrogens (tertiary/aromatic N) is 2. The number of aromatic nitrogens is 2. The number of fused-ring (bicyclic) bond motifs is 1. The standard InChI is InChI=1S/C21H16ClN3O2S2/c1-27-16-8-6-15(7-9-16)25-18(26)11-29-21-19-17(10-28-20(19)23-12-24-21)13-2-4-14(22)5-3-13/h2-10,12H,11H2,1H3,(H,25,26). The molecule has 146 valence electrons. The van der Waals surface area contributed by atoms with Gasteiger partial charge in [0.15, 0.2) is 0 Å². The Labute approximate surface area is 181 Å². The van der Waals surface area contributed by atoms with E-state index in [1.807, 2.05) is 36.4 Å². The molecule has 2 aromatic carbocycles. The molecule has 2 heterocycles. The van der Waals surface area contributed by atoms with Crippen molar-refractivity contribution in [1.82, 2.24) is 9.97 Å². The van der Waals surface area contributed by atoms with Crippen LogP contribution in [0.2, 0.25) is 5.02 Å². The van der Waals surface area contributed by atoms with Crippen LogP contribution in [0.15, 0.2) is 65.3 Å². The number of hydrogen-bond donors (Lipinski definition) is 1. The molecule has 4 rings (SSSR count). The molecule has 0 fully saturated rings. The zero-order valence-electron chi connectivity index (χ0n) is 15.4. The van der Waals surface area contributed by atoms with Gasteiger partial charge < -0.3 is 10.1 Å². The van der Waals surface area contributed by atoms with E-state index >= 15 is 0 Å². The number of nitrogens with one attached hydrogen (secondary N) is 1. The molecule has 0 aliphatic carbocycles. The second kappa shape index (κ2) is 8.82. The fourth-order valence-corrected chi connectivity index (χ4v) is 4.72. The summed E-state index contributed by atoms with van der Waals surface area (Å²) in [4.78, 5) is 22.1. The lowest BCUT2D eigenvalue weighted by Crippen LogP contribution is -2.14. The van der Waals surface area contributed by atoms with E-state index in [2.05, 4.69) is 20.7 Å². The molecule has 1 N–H and O–H groups in total. The monoisotopic (exact) mass is 441 g/mol. The van der Waals surface area contributed by atoms with E-state index in [4.69, 9.17) is 16.3 Å². The average Bonchev–Trinajstić information content (AvgIpc) is 3.18. The van der Waals surface area contributed by atoms with Gasteiger partial charge in [-0.15, -0.1) is 11.3 Å². The molecule has 0 aliphatic rings. The Hall–Kier alpha value is -2.61. The zero-order chi connectivity index (χ0) is 20.2. The van der Waals surface area contributed by atoms with Crippen LogP contribution in [0.3, 0.4) is 0 Å². The van der Waals surface area contributed by atoms with E-state index < -0.39 is 0 Å². The summed E-state index contributed by atoms with van der Waals surface area (Å²) in [5.41, 5.74) is 2.81. The summed E-state index contributed by atoms with van der Waals surface area (Å²) in [6.45, 7) is 0. The van der Waals surface area contributed by atoms with Crippen molar-refractivity contribution < 1.29 is 9.53 Å². The Morgan fingerprint density at radius 2 is 1.90 bits per heavy atom. The van der Waals surface area contributed by atoms with Gasteiger partial charge in [-0.3, -0.25) is 4.79 Å². The van der Waals surface area contributed by atoms with Gasteiger partial charge in [0.1, 0.15) is 21.9 Å². The molecule has 8 heteroatoms. The second-order valence-corrected chi connectivity index (χ2v) is 8.34. The van der Waals surface area contributed by atoms with Crippen molar-refractivity contribution in [3.63, 3.8) is 0 Å². The summed E-state index contributed by atoms with van der Waals surface area (Å²) in [5, 5.41) is 7.38. The minimum Gasteiger partial charge on any atom is -0.497 e. The number of carbonyl (C=O) groups excluding carboxylic acids is 1. The predicted molar refractivity (Wildman–Crippen MR) is 120 cm³/mol. The van der Waals surface area contributed by atoms with Crippen molar-refractivity contribution in [2.24, 2.45) is 0 Å². The van der Waals surface area contributed by atoms with Crippen LogP contribution >= 0.6 is 34.7 Å². The third-order valence-corrected chi connectivity index (χ3v) is 6.33. The van der Waals surface area contributed by atoms with Crippen LogP contribution < -0.4 is 10.1 Å². The molecule has 0 spiro atoms. The molecule has 0 radical (unpaired) electrons. The lowest BCUT2D eigenvalue weighted by Gasteiger charge is -2.07. The Bertz CT molecular complexity index is 1150. The van der Waals surface area contributed by atoms with Crippen molar-refractivity contribution in [3.8, 4) is 16.9 Å². The number of rotatable bonds is 6. The van der Waals surface area contributed by atoms with Crippen LogP contribution in [0.4, 0.5) is 5.69 Å². The first-order chi connectivity index (χ1) is 14.1. The Morgan fingerprint density at radius 1 is 1.14 bits per heavy atom. The maximum Gasteiger partial charge on any atom is 0.234 e. The van der Waals surface area contributed by atoms with Gasteiger partial charge in [-0.1, -0.05) is 35.5 Å². The summed E-state index contributed by atoms with van der Waals surface area (Å²) >= 11 is 8.96. The van der Waals surface area contributed by atoms with E-state index in [1.54, 1.807) is 30.6 Å². The topological polar surface area (TPSA) is 64.1 Å². The van der Waals surface area contributed by atoms with Crippen molar-refractivity contribution in [2.75, 3.05) is 18.2 Å². The van der Waals surface area contributed by atoms with Crippen LogP contribution in [0.1, 0.15) is 0 Å². The van der Waals surface area contributed by atoms with E-state index in [0.29, 0.717) is 5.02 Å². The highest BCUT2D eigenvalue weighted by Crippen LogP contribution is 2.38. The number of hydrogen-bond acceptors (Lipinski definition) is 6. The first kappa shape index (κ1) is 19.7. The zero-order valence-corrected chi connectivity index (χ0v) is 17.8. The van der Waals surface area contributed by atoms with E-state index in [0.717, 1.165) is 37.8 Å². The van der Waals surface area contributed by atoms with Gasteiger partial charge in [-0.2, -0.15) is 0 Å². The molecule has 0 bridgehead atoms. The molecule has 0 atom stereocenters. The third-order valence-electron chi connectivity index (χ3n) is 4.20. The summed E-state index contributed by atoms with van der Waals surface area (Å²) in [6.07, 6.45) is 1.54. The highest BCUT2D eigenvalue weighted by molar-refractivity contribution is 8.00. The van der Waals surface area contributed by atoms with Crippen molar-refractivity contribution >= 4 is 56.5 Å². The number of carbonyl (C=O) groups is 1. The largest absolute Gasteiger partial charge is 0.497 e. The number of thiophene rings is 1. The second-order valence-electron chi connectivity index (χ2n) is 6.08. The quantitative estimate of drug-likeness (QED) is 0.305. The number of thioether (sulfide) groups is 1. The average molecular weight is 442 g/mol. The minimum atomic E-state index is -0.102. The summed E-state index contributed by atoms with van der Waals surface area (Å²) in [6, 6.07) is 14.9. The lowest BCUT2D eigenvalue weighted by atomic mass is 10.1. The lowest BCUT2D eigenvalue weighted by molar-refractivity contribution is -0.113. The summed E-state index contributed by atoms with van der Waals surface area (Å²) < 4.78 is 5.13. The molecule has 0 saturated heterocycles. The molecule has 0 saturated carbocycles. The molecule has 4 aromatic rings. The van der Waals surface area contributed by atoms with Gasteiger partial charge in [0.25, 0.3) is 0 Å². The molecule has 5 nitrogen and oxygen atoms in total. The van der Waals surface area contributed by atoms with E-state index in [9.17, 15) is 4.79 Å². The van der Waals surface area contributed by atoms with Crippen LogP contribution in [0, 0.1) is 0 Å². The fourth-order valence-electron chi connectivity index (χ4n) is 2.80. The van der Waals surface area contributed by atoms with Crippen molar-refractivity contribution in [3.05, 3.63) is 65.3 Å². The molecule has 0 unspecified atom stereocenters. The maximum atomic E-state index is 12.4. The van der Waals surface area contributed by atoms with Crippen LogP contribution in [-0.4, -0.2) is 28.7 Å². The molecule has 0 aliphatic heterocycles. The molecular weight excluding hydrogens is 426 g/mol. The molecule has 2 aromatic heterocycles. The van der Waals surface area contributed by atoms with E-state index in [-0.39, 0.29) is 11.7 Å². The van der Waals surface area contributed by atoms with Crippen LogP contribution in [0.5, 0.6) is 5.75 Å². The first-order valence-corrected chi connectivity index (χ1v) is 10.9. The summed E-state index contributed by atoms with van der Waals surface area (Å²) in [5.74, 6) is 0.886. The number of methoxy groups -OCH3 is 1. The Balaban J connectivity index is 1.52. The highest BCUT2D eigenvalue weighted by atomic mass is 35.5. The fraction of sp³-hybridized carbons (Fsp3) is 0.0952. The van der Waals surface area contributed by atoms with Gasteiger partial charge in [0, 0.05) is 21.7 Å². The van der Waals surface area contributed by atoms with Gasteiger partial charge in [0.2, 0.25) is 5.91 Å². The normalized spacial score (nSPS) is 10.8. The highest BCUT2D eigenvalue weighted by Gasteiger charge is 2.15. The third kappa shape index (κ3) is 4.53. The smallest absolute Gasteiger partial charge is 0.234 e. The number of amides is 1. The Kier molecular flexibility index (Phi) is 5.99. The number of ether oxygens (including phenoxy) is 1. The number of benzene rings is 2. The van der Waals surface area contributed by atoms with Crippen molar-refractivity contribution in [1.29, 1.82) is 0 Å². The first-order valence-electron chi connectivity index (χ1n) is 8.69. The van der Waals surface area contributed by atoms with Crippen molar-refractivity contribution in [2.45, 2.75) is 5.03 Å². The number of halogens is 1. The molecular formula is C21H16ClN3O2S2. The van der Waals surface area contributed by atoms with Crippen LogP contribution in [0.25, 0.3) is 21.3 Å².